The van der Waals surface area contributed by atoms with Crippen molar-refractivity contribution in [3.63, 3.8) is 0 Å². The third-order valence-corrected chi connectivity index (χ3v) is 3.91. The van der Waals surface area contributed by atoms with E-state index in [1.54, 1.807) is 0 Å². The highest BCUT2D eigenvalue weighted by atomic mass is 19.4. The van der Waals surface area contributed by atoms with Gasteiger partial charge in [0.15, 0.2) is 0 Å². The smallest absolute Gasteiger partial charge is 0.393 e. The third kappa shape index (κ3) is 6.13. The number of hydrogen-bond acceptors (Lipinski definition) is 2. The molecule has 0 amide bonds. The molecule has 1 saturated carbocycles. The summed E-state index contributed by atoms with van der Waals surface area (Å²) in [6.07, 6.45) is -1.49. The van der Waals surface area contributed by atoms with Crippen LogP contribution in [0, 0.1) is 11.3 Å². The van der Waals surface area contributed by atoms with Crippen molar-refractivity contribution in [2.75, 3.05) is 19.6 Å². The van der Waals surface area contributed by atoms with Gasteiger partial charge >= 0.3 is 6.18 Å². The maximum Gasteiger partial charge on any atom is 0.401 e. The summed E-state index contributed by atoms with van der Waals surface area (Å²) in [5.74, 6) is -0.0438. The predicted octanol–water partition coefficient (Wildman–Crippen LogP) is 3.45. The van der Waals surface area contributed by atoms with Crippen LogP contribution in [0.5, 0.6) is 0 Å². The first-order valence-corrected chi connectivity index (χ1v) is 7.10. The molecular formula is C14H26F3NO. The fourth-order valence-electron chi connectivity index (χ4n) is 3.04. The van der Waals surface area contributed by atoms with Crippen LogP contribution in [0.25, 0.3) is 0 Å². The molecule has 0 heterocycles. The van der Waals surface area contributed by atoms with Crippen molar-refractivity contribution in [3.05, 3.63) is 0 Å². The summed E-state index contributed by atoms with van der Waals surface area (Å²) in [6.45, 7) is 6.04. The molecule has 1 N–H and O–H groups in total. The second kappa shape index (κ2) is 6.44. The summed E-state index contributed by atoms with van der Waals surface area (Å²) in [4.78, 5) is 1.44. The monoisotopic (exact) mass is 281 g/mol. The van der Waals surface area contributed by atoms with Gasteiger partial charge < -0.3 is 5.11 Å². The highest BCUT2D eigenvalue weighted by Gasteiger charge is 2.37. The number of alkyl halides is 3. The van der Waals surface area contributed by atoms with E-state index in [4.69, 9.17) is 0 Å². The van der Waals surface area contributed by atoms with Crippen molar-refractivity contribution >= 4 is 0 Å². The van der Waals surface area contributed by atoms with E-state index >= 15 is 0 Å². The molecule has 0 aromatic heterocycles. The van der Waals surface area contributed by atoms with E-state index in [0.29, 0.717) is 25.9 Å². The summed E-state index contributed by atoms with van der Waals surface area (Å²) >= 11 is 0. The molecule has 114 valence electrons. The number of hydrogen-bond donors (Lipinski definition) is 1. The molecule has 0 aromatic rings. The molecule has 2 nitrogen and oxygen atoms in total. The minimum absolute atomic E-state index is 0.0438. The first-order valence-electron chi connectivity index (χ1n) is 7.10. The SMILES string of the molecule is CCCN(CC1CC(C)(C)CCC1O)CC(F)(F)F. The van der Waals surface area contributed by atoms with Gasteiger partial charge in [0.2, 0.25) is 0 Å². The van der Waals surface area contributed by atoms with E-state index in [-0.39, 0.29) is 11.3 Å². The summed E-state index contributed by atoms with van der Waals surface area (Å²) in [5, 5.41) is 10.0. The highest BCUT2D eigenvalue weighted by Crippen LogP contribution is 2.39. The van der Waals surface area contributed by atoms with Crippen molar-refractivity contribution in [1.29, 1.82) is 0 Å². The van der Waals surface area contributed by atoms with Crippen LogP contribution < -0.4 is 0 Å². The van der Waals surface area contributed by atoms with Gasteiger partial charge in [0, 0.05) is 6.54 Å². The predicted molar refractivity (Wildman–Crippen MR) is 69.9 cm³/mol. The Morgan fingerprint density at radius 3 is 2.47 bits per heavy atom. The van der Waals surface area contributed by atoms with E-state index in [1.807, 2.05) is 6.92 Å². The van der Waals surface area contributed by atoms with Crippen LogP contribution in [0.4, 0.5) is 13.2 Å². The molecule has 0 saturated heterocycles. The first kappa shape index (κ1) is 16.8. The van der Waals surface area contributed by atoms with Crippen molar-refractivity contribution in [3.8, 4) is 0 Å². The van der Waals surface area contributed by atoms with E-state index < -0.39 is 18.8 Å². The van der Waals surface area contributed by atoms with Gasteiger partial charge in [-0.25, -0.2) is 0 Å². The Balaban J connectivity index is 2.61. The second-order valence-electron chi connectivity index (χ2n) is 6.58. The molecule has 19 heavy (non-hydrogen) atoms. The lowest BCUT2D eigenvalue weighted by Gasteiger charge is -2.40. The molecule has 0 radical (unpaired) electrons. The summed E-state index contributed by atoms with van der Waals surface area (Å²) in [6, 6.07) is 0. The van der Waals surface area contributed by atoms with Crippen LogP contribution in [-0.4, -0.2) is 41.9 Å². The minimum atomic E-state index is -4.16. The minimum Gasteiger partial charge on any atom is -0.393 e. The number of aliphatic hydroxyl groups is 1. The largest absolute Gasteiger partial charge is 0.401 e. The lowest BCUT2D eigenvalue weighted by molar-refractivity contribution is -0.149. The van der Waals surface area contributed by atoms with Crippen molar-refractivity contribution < 1.29 is 18.3 Å². The number of halogens is 3. The van der Waals surface area contributed by atoms with Gasteiger partial charge in [0.05, 0.1) is 12.6 Å². The fourth-order valence-corrected chi connectivity index (χ4v) is 3.04. The van der Waals surface area contributed by atoms with Gasteiger partial charge in [-0.2, -0.15) is 13.2 Å². The van der Waals surface area contributed by atoms with Crippen LogP contribution in [0.2, 0.25) is 0 Å². The maximum atomic E-state index is 12.5. The van der Waals surface area contributed by atoms with Crippen LogP contribution in [0.1, 0.15) is 46.5 Å². The zero-order valence-corrected chi connectivity index (χ0v) is 12.1. The van der Waals surface area contributed by atoms with E-state index in [2.05, 4.69) is 13.8 Å². The number of nitrogens with zero attached hydrogens (tertiary/aromatic N) is 1. The summed E-state index contributed by atoms with van der Waals surface area (Å²) < 4.78 is 37.6. The zero-order valence-electron chi connectivity index (χ0n) is 12.1. The molecule has 0 bridgehead atoms. The van der Waals surface area contributed by atoms with Crippen LogP contribution in [0.15, 0.2) is 0 Å². The molecule has 0 aromatic carbocycles. The molecule has 0 spiro atoms. The van der Waals surface area contributed by atoms with Gasteiger partial charge in [-0.3, -0.25) is 4.90 Å². The van der Waals surface area contributed by atoms with Crippen LogP contribution >= 0.6 is 0 Å². The second-order valence-corrected chi connectivity index (χ2v) is 6.58. The fraction of sp³-hybridized carbons (Fsp3) is 1.00. The standard InChI is InChI=1S/C14H26F3NO/c1-4-7-18(10-14(15,16)17)9-11-8-13(2,3)6-5-12(11)19/h11-12,19H,4-10H2,1-3H3. The molecule has 1 aliphatic rings. The van der Waals surface area contributed by atoms with Gasteiger partial charge in [-0.15, -0.1) is 0 Å². The van der Waals surface area contributed by atoms with Crippen LogP contribution in [0.3, 0.4) is 0 Å². The van der Waals surface area contributed by atoms with E-state index in [0.717, 1.165) is 12.8 Å². The Morgan fingerprint density at radius 2 is 1.95 bits per heavy atom. The zero-order chi connectivity index (χ0) is 14.7. The van der Waals surface area contributed by atoms with Crippen molar-refractivity contribution in [2.24, 2.45) is 11.3 Å². The van der Waals surface area contributed by atoms with E-state index in [1.165, 1.54) is 4.90 Å². The maximum absolute atomic E-state index is 12.5. The van der Waals surface area contributed by atoms with Gasteiger partial charge in [0.25, 0.3) is 0 Å². The molecule has 0 aliphatic heterocycles. The average molecular weight is 281 g/mol. The molecule has 5 heteroatoms. The number of rotatable bonds is 5. The van der Waals surface area contributed by atoms with Gasteiger partial charge in [-0.1, -0.05) is 20.8 Å². The summed E-state index contributed by atoms with van der Waals surface area (Å²) in [5.41, 5.74) is 0.125. The Hall–Kier alpha value is -0.290. The number of aliphatic hydroxyl groups excluding tert-OH is 1. The van der Waals surface area contributed by atoms with Gasteiger partial charge in [0.1, 0.15) is 0 Å². The van der Waals surface area contributed by atoms with Crippen molar-refractivity contribution in [2.45, 2.75) is 58.7 Å². The molecule has 1 rings (SSSR count). The third-order valence-electron chi connectivity index (χ3n) is 3.91. The Kier molecular flexibility index (Phi) is 5.68. The molecule has 2 atom stereocenters. The first-order chi connectivity index (χ1) is 8.63. The lowest BCUT2D eigenvalue weighted by atomic mass is 9.70. The Morgan fingerprint density at radius 1 is 1.32 bits per heavy atom. The topological polar surface area (TPSA) is 23.5 Å². The highest BCUT2D eigenvalue weighted by molar-refractivity contribution is 4.86. The van der Waals surface area contributed by atoms with Crippen molar-refractivity contribution in [1.82, 2.24) is 4.90 Å². The molecular weight excluding hydrogens is 255 g/mol. The molecule has 2 unspecified atom stereocenters. The quantitative estimate of drug-likeness (QED) is 0.834. The summed E-state index contributed by atoms with van der Waals surface area (Å²) in [7, 11) is 0. The lowest BCUT2D eigenvalue weighted by Crippen LogP contribution is -2.44. The Labute approximate surface area is 114 Å². The average Bonchev–Trinajstić information content (AvgIpc) is 2.21. The molecule has 1 fully saturated rings. The van der Waals surface area contributed by atoms with Gasteiger partial charge in [-0.05, 0) is 43.6 Å². The molecule has 1 aliphatic carbocycles. The normalized spacial score (nSPS) is 27.8. The van der Waals surface area contributed by atoms with Crippen LogP contribution in [-0.2, 0) is 0 Å². The Bertz CT molecular complexity index is 278. The van der Waals surface area contributed by atoms with E-state index in [9.17, 15) is 18.3 Å².